The fraction of sp³-hybridized carbons (Fsp3) is 0.214. The summed E-state index contributed by atoms with van der Waals surface area (Å²) in [5.41, 5.74) is 4.80. The molecule has 0 aliphatic carbocycles. The molecule has 1 aliphatic heterocycles. The van der Waals surface area contributed by atoms with Crippen molar-refractivity contribution in [3.8, 4) is 11.5 Å². The van der Waals surface area contributed by atoms with Crippen molar-refractivity contribution >= 4 is 28.8 Å². The second-order valence-corrected chi connectivity index (χ2v) is 8.11. The number of rotatable bonds is 7. The number of methoxy groups -OCH3 is 2. The molecular weight excluding hydrogens is 428 g/mol. The summed E-state index contributed by atoms with van der Waals surface area (Å²) in [4.78, 5) is 31.0. The molecule has 3 aromatic carbocycles. The quantitative estimate of drug-likeness (QED) is 0.461. The van der Waals surface area contributed by atoms with E-state index in [0.29, 0.717) is 35.0 Å². The smallest absolute Gasteiger partial charge is 0.282 e. The Morgan fingerprint density at radius 3 is 2.15 bits per heavy atom. The maximum absolute atomic E-state index is 13.9. The zero-order valence-electron chi connectivity index (χ0n) is 20.1. The summed E-state index contributed by atoms with van der Waals surface area (Å²) < 4.78 is 10.7. The number of benzene rings is 3. The third-order valence-corrected chi connectivity index (χ3v) is 5.99. The Balaban J connectivity index is 1.92. The largest absolute Gasteiger partial charge is 0.493 e. The summed E-state index contributed by atoms with van der Waals surface area (Å²) >= 11 is 0. The van der Waals surface area contributed by atoms with E-state index in [-0.39, 0.29) is 11.8 Å². The highest BCUT2D eigenvalue weighted by molar-refractivity contribution is 6.46. The van der Waals surface area contributed by atoms with Crippen LogP contribution in [0.25, 0.3) is 5.57 Å². The van der Waals surface area contributed by atoms with Crippen molar-refractivity contribution in [2.24, 2.45) is 0 Å². The number of likely N-dealkylation sites (N-methyl/N-ethyl adjacent to an activating group) is 1. The molecule has 0 atom stereocenters. The van der Waals surface area contributed by atoms with Gasteiger partial charge in [0.25, 0.3) is 11.8 Å². The topological polar surface area (TPSA) is 59.1 Å². The van der Waals surface area contributed by atoms with Gasteiger partial charge in [0.2, 0.25) is 0 Å². The molecule has 0 radical (unpaired) electrons. The fourth-order valence-electron chi connectivity index (χ4n) is 4.38. The molecule has 4 rings (SSSR count). The number of carbonyl (C=O) groups is 2. The third kappa shape index (κ3) is 3.92. The van der Waals surface area contributed by atoms with Gasteiger partial charge < -0.3 is 14.4 Å². The van der Waals surface area contributed by atoms with Crippen LogP contribution in [0.3, 0.4) is 0 Å². The van der Waals surface area contributed by atoms with Gasteiger partial charge in [-0.15, -0.1) is 0 Å². The second kappa shape index (κ2) is 9.43. The molecule has 0 spiro atoms. The zero-order valence-corrected chi connectivity index (χ0v) is 20.1. The molecule has 2 amide bonds. The van der Waals surface area contributed by atoms with Gasteiger partial charge in [-0.25, -0.2) is 4.90 Å². The minimum atomic E-state index is -0.377. The number of anilines is 2. The molecular formula is C28H28N2O4. The van der Waals surface area contributed by atoms with Crippen molar-refractivity contribution in [3.63, 3.8) is 0 Å². The molecule has 0 saturated heterocycles. The van der Waals surface area contributed by atoms with Crippen LogP contribution in [-0.2, 0) is 9.59 Å². The van der Waals surface area contributed by atoms with E-state index in [0.717, 1.165) is 22.4 Å². The van der Waals surface area contributed by atoms with E-state index in [2.05, 4.69) is 0 Å². The molecule has 0 fully saturated rings. The summed E-state index contributed by atoms with van der Waals surface area (Å²) in [6.07, 6.45) is 0. The van der Waals surface area contributed by atoms with Crippen molar-refractivity contribution in [1.82, 2.24) is 0 Å². The van der Waals surface area contributed by atoms with Crippen molar-refractivity contribution < 1.29 is 19.1 Å². The number of amides is 2. The summed E-state index contributed by atoms with van der Waals surface area (Å²) in [5.74, 6) is 0.219. The number of hydrogen-bond acceptors (Lipinski definition) is 5. The first kappa shape index (κ1) is 23.1. The van der Waals surface area contributed by atoms with Gasteiger partial charge in [0.1, 0.15) is 5.70 Å². The highest BCUT2D eigenvalue weighted by atomic mass is 16.5. The van der Waals surface area contributed by atoms with E-state index in [9.17, 15) is 9.59 Å². The van der Waals surface area contributed by atoms with Crippen molar-refractivity contribution in [2.75, 3.05) is 30.6 Å². The standard InChI is InChI=1S/C28H28N2O4/c1-6-29(20-10-8-7-9-11-20)26-25(22-14-12-18(2)16-19(22)3)27(31)30(28(26)32)21-13-15-23(33-4)24(17-21)34-5/h7-17H,6H2,1-5H3. The van der Waals surface area contributed by atoms with Gasteiger partial charge in [-0.3, -0.25) is 9.59 Å². The van der Waals surface area contributed by atoms with Crippen molar-refractivity contribution in [2.45, 2.75) is 20.8 Å². The first-order valence-electron chi connectivity index (χ1n) is 11.2. The second-order valence-electron chi connectivity index (χ2n) is 8.11. The Hall–Kier alpha value is -4.06. The number of imide groups is 1. The van der Waals surface area contributed by atoms with Crippen LogP contribution in [0.1, 0.15) is 23.6 Å². The lowest BCUT2D eigenvalue weighted by atomic mass is 9.97. The van der Waals surface area contributed by atoms with Crippen LogP contribution in [0, 0.1) is 13.8 Å². The van der Waals surface area contributed by atoms with E-state index < -0.39 is 0 Å². The first-order valence-corrected chi connectivity index (χ1v) is 11.2. The molecule has 0 saturated carbocycles. The molecule has 6 heteroatoms. The van der Waals surface area contributed by atoms with Gasteiger partial charge in [-0.2, -0.15) is 0 Å². The number of carbonyl (C=O) groups excluding carboxylic acids is 2. The van der Waals surface area contributed by atoms with E-state index in [1.54, 1.807) is 25.3 Å². The molecule has 1 heterocycles. The van der Waals surface area contributed by atoms with Gasteiger partial charge >= 0.3 is 0 Å². The summed E-state index contributed by atoms with van der Waals surface area (Å²) in [6.45, 7) is 6.46. The van der Waals surface area contributed by atoms with Crippen LogP contribution in [0.15, 0.2) is 72.4 Å². The van der Waals surface area contributed by atoms with Crippen LogP contribution >= 0.6 is 0 Å². The molecule has 0 N–H and O–H groups in total. The van der Waals surface area contributed by atoms with E-state index in [4.69, 9.17) is 9.47 Å². The van der Waals surface area contributed by atoms with Gasteiger partial charge in [-0.1, -0.05) is 42.0 Å². The fourth-order valence-corrected chi connectivity index (χ4v) is 4.38. The minimum Gasteiger partial charge on any atom is -0.493 e. The maximum Gasteiger partial charge on any atom is 0.282 e. The van der Waals surface area contributed by atoms with Gasteiger partial charge in [-0.05, 0) is 56.2 Å². The molecule has 0 unspecified atom stereocenters. The van der Waals surface area contributed by atoms with Gasteiger partial charge in [0.05, 0.1) is 25.5 Å². The summed E-state index contributed by atoms with van der Waals surface area (Å²) in [5, 5.41) is 0. The highest BCUT2D eigenvalue weighted by Crippen LogP contribution is 2.40. The van der Waals surface area contributed by atoms with Crippen molar-refractivity contribution in [3.05, 3.63) is 89.1 Å². The molecule has 1 aliphatic rings. The third-order valence-electron chi connectivity index (χ3n) is 5.99. The van der Waals surface area contributed by atoms with Gasteiger partial charge in [0.15, 0.2) is 11.5 Å². The normalized spacial score (nSPS) is 13.5. The Bertz CT molecular complexity index is 1280. The highest BCUT2D eigenvalue weighted by Gasteiger charge is 2.43. The van der Waals surface area contributed by atoms with Crippen LogP contribution in [0.5, 0.6) is 11.5 Å². The monoisotopic (exact) mass is 456 g/mol. The Kier molecular flexibility index (Phi) is 6.41. The van der Waals surface area contributed by atoms with E-state index in [1.165, 1.54) is 12.0 Å². The van der Waals surface area contributed by atoms with Crippen LogP contribution in [0.4, 0.5) is 11.4 Å². The average Bonchev–Trinajstić information content (AvgIpc) is 3.09. The predicted octanol–water partition coefficient (Wildman–Crippen LogP) is 5.13. The average molecular weight is 457 g/mol. The summed E-state index contributed by atoms with van der Waals surface area (Å²) in [7, 11) is 3.06. The minimum absolute atomic E-state index is 0.362. The molecule has 3 aromatic rings. The van der Waals surface area contributed by atoms with Crippen LogP contribution in [0.2, 0.25) is 0 Å². The first-order chi connectivity index (χ1) is 16.4. The Morgan fingerprint density at radius 2 is 1.53 bits per heavy atom. The number of nitrogens with zero attached hydrogens (tertiary/aromatic N) is 2. The van der Waals surface area contributed by atoms with Gasteiger partial charge in [0, 0.05) is 18.3 Å². The molecule has 0 bridgehead atoms. The van der Waals surface area contributed by atoms with Crippen LogP contribution in [-0.4, -0.2) is 32.6 Å². The Labute approximate surface area is 200 Å². The number of aryl methyl sites for hydroxylation is 2. The zero-order chi connectivity index (χ0) is 24.4. The number of ether oxygens (including phenoxy) is 2. The summed E-state index contributed by atoms with van der Waals surface area (Å²) in [6, 6.07) is 20.6. The van der Waals surface area contributed by atoms with Crippen molar-refractivity contribution in [1.29, 1.82) is 0 Å². The lowest BCUT2D eigenvalue weighted by Crippen LogP contribution is -2.35. The number of hydrogen-bond donors (Lipinski definition) is 0. The molecule has 0 aromatic heterocycles. The SMILES string of the molecule is CCN(C1=C(c2ccc(C)cc2C)C(=O)N(c2ccc(OC)c(OC)c2)C1=O)c1ccccc1. The van der Waals surface area contributed by atoms with E-state index >= 15 is 0 Å². The molecule has 6 nitrogen and oxygen atoms in total. The maximum atomic E-state index is 13.9. The predicted molar refractivity (Wildman–Crippen MR) is 134 cm³/mol. The molecule has 174 valence electrons. The molecule has 34 heavy (non-hydrogen) atoms. The lowest BCUT2D eigenvalue weighted by molar-refractivity contribution is -0.120. The Morgan fingerprint density at radius 1 is 0.824 bits per heavy atom. The lowest BCUT2D eigenvalue weighted by Gasteiger charge is -2.25. The van der Waals surface area contributed by atoms with E-state index in [1.807, 2.05) is 74.2 Å². The van der Waals surface area contributed by atoms with Crippen LogP contribution < -0.4 is 19.3 Å². The number of para-hydroxylation sites is 1.